The molecule has 8 heteroatoms. The summed E-state index contributed by atoms with van der Waals surface area (Å²) in [4.78, 5) is -0.803. The number of aliphatic hydroxyl groups is 1. The largest absolute Gasteiger partial charge is 0.501 e. The van der Waals surface area contributed by atoms with Gasteiger partial charge in [-0.3, -0.25) is 0 Å². The molecule has 1 aromatic rings. The fourth-order valence-corrected chi connectivity index (χ4v) is 2.61. The first-order valence-corrected chi connectivity index (χ1v) is 7.90. The number of alkyl halides is 3. The van der Waals surface area contributed by atoms with E-state index < -0.39 is 25.8 Å². The van der Waals surface area contributed by atoms with E-state index in [1.165, 1.54) is 12.1 Å². The van der Waals surface area contributed by atoms with Gasteiger partial charge in [0.25, 0.3) is 9.84 Å². The number of anilines is 1. The SMILES string of the molecule is CCC(CC)(CO)Nc1ccc(S(=O)(=O)C(F)(F)F)cc1. The highest BCUT2D eigenvalue weighted by Crippen LogP contribution is 2.31. The van der Waals surface area contributed by atoms with E-state index in [9.17, 15) is 26.7 Å². The fraction of sp³-hybridized carbons (Fsp3) is 0.538. The molecule has 0 unspecified atom stereocenters. The topological polar surface area (TPSA) is 66.4 Å². The van der Waals surface area contributed by atoms with Crippen LogP contribution in [-0.2, 0) is 9.84 Å². The van der Waals surface area contributed by atoms with Gasteiger partial charge in [-0.15, -0.1) is 0 Å². The molecular weight excluding hydrogens is 307 g/mol. The van der Waals surface area contributed by atoms with Crippen molar-refractivity contribution in [1.29, 1.82) is 0 Å². The van der Waals surface area contributed by atoms with E-state index in [1.807, 2.05) is 13.8 Å². The van der Waals surface area contributed by atoms with Crippen molar-refractivity contribution in [2.75, 3.05) is 11.9 Å². The van der Waals surface area contributed by atoms with Crippen molar-refractivity contribution in [3.63, 3.8) is 0 Å². The lowest BCUT2D eigenvalue weighted by Gasteiger charge is -2.32. The van der Waals surface area contributed by atoms with Crippen LogP contribution in [0.1, 0.15) is 26.7 Å². The molecule has 1 rings (SSSR count). The van der Waals surface area contributed by atoms with E-state index in [0.717, 1.165) is 12.1 Å². The Bertz CT molecular complexity index is 555. The molecule has 1 aromatic carbocycles. The van der Waals surface area contributed by atoms with E-state index in [4.69, 9.17) is 0 Å². The molecule has 0 bridgehead atoms. The zero-order valence-corrected chi connectivity index (χ0v) is 12.6. The number of hydrogen-bond donors (Lipinski definition) is 2. The van der Waals surface area contributed by atoms with Crippen molar-refractivity contribution in [1.82, 2.24) is 0 Å². The lowest BCUT2D eigenvalue weighted by molar-refractivity contribution is -0.0436. The number of halogens is 3. The van der Waals surface area contributed by atoms with Gasteiger partial charge in [0, 0.05) is 5.69 Å². The average Bonchev–Trinajstić information content (AvgIpc) is 2.44. The van der Waals surface area contributed by atoms with Crippen LogP contribution in [0.3, 0.4) is 0 Å². The minimum atomic E-state index is -5.33. The predicted molar refractivity (Wildman–Crippen MR) is 73.7 cm³/mol. The van der Waals surface area contributed by atoms with Crippen molar-refractivity contribution in [3.05, 3.63) is 24.3 Å². The van der Waals surface area contributed by atoms with E-state index >= 15 is 0 Å². The van der Waals surface area contributed by atoms with Crippen molar-refractivity contribution < 1.29 is 26.7 Å². The molecule has 0 fully saturated rings. The zero-order valence-electron chi connectivity index (χ0n) is 11.7. The average molecular weight is 325 g/mol. The maximum absolute atomic E-state index is 12.4. The fourth-order valence-electron chi connectivity index (χ4n) is 1.85. The van der Waals surface area contributed by atoms with Crippen LogP contribution in [0.2, 0.25) is 0 Å². The van der Waals surface area contributed by atoms with Crippen LogP contribution in [0.4, 0.5) is 18.9 Å². The third-order valence-corrected chi connectivity index (χ3v) is 5.04. The van der Waals surface area contributed by atoms with Crippen LogP contribution in [0.5, 0.6) is 0 Å². The number of aliphatic hydroxyl groups excluding tert-OH is 1. The maximum Gasteiger partial charge on any atom is 0.501 e. The summed E-state index contributed by atoms with van der Waals surface area (Å²) in [6.07, 6.45) is 1.23. The Labute approximate surface area is 121 Å². The molecule has 0 atom stereocenters. The Morgan fingerprint density at radius 1 is 1.10 bits per heavy atom. The first-order chi connectivity index (χ1) is 9.62. The summed E-state index contributed by atoms with van der Waals surface area (Å²) in [6, 6.07) is 4.32. The quantitative estimate of drug-likeness (QED) is 0.844. The molecule has 0 saturated heterocycles. The number of hydrogen-bond acceptors (Lipinski definition) is 4. The maximum atomic E-state index is 12.4. The van der Waals surface area contributed by atoms with Crippen molar-refractivity contribution in [2.24, 2.45) is 0 Å². The van der Waals surface area contributed by atoms with Crippen molar-refractivity contribution in [2.45, 2.75) is 42.6 Å². The van der Waals surface area contributed by atoms with E-state index in [2.05, 4.69) is 5.32 Å². The highest BCUT2D eigenvalue weighted by atomic mass is 32.2. The second-order valence-corrected chi connectivity index (χ2v) is 6.69. The Hall–Kier alpha value is -1.28. The normalized spacial score (nSPS) is 13.2. The zero-order chi connectivity index (χ0) is 16.3. The second kappa shape index (κ2) is 6.23. The van der Waals surface area contributed by atoms with Crippen LogP contribution in [0, 0.1) is 0 Å². The minimum absolute atomic E-state index is 0.136. The molecule has 0 spiro atoms. The van der Waals surface area contributed by atoms with E-state index in [0.29, 0.717) is 18.5 Å². The molecule has 2 N–H and O–H groups in total. The summed E-state index contributed by atoms with van der Waals surface area (Å²) in [7, 11) is -5.33. The Morgan fingerprint density at radius 2 is 1.57 bits per heavy atom. The van der Waals surface area contributed by atoms with E-state index in [-0.39, 0.29) is 6.61 Å². The minimum Gasteiger partial charge on any atom is -0.394 e. The molecule has 0 saturated carbocycles. The third-order valence-electron chi connectivity index (χ3n) is 3.54. The summed E-state index contributed by atoms with van der Waals surface area (Å²) in [5.74, 6) is 0. The van der Waals surface area contributed by atoms with Crippen molar-refractivity contribution in [3.8, 4) is 0 Å². The number of nitrogens with one attached hydrogen (secondary N) is 1. The summed E-state index contributed by atoms with van der Waals surface area (Å²) in [5.41, 5.74) is -5.44. The Morgan fingerprint density at radius 3 is 1.90 bits per heavy atom. The summed E-state index contributed by atoms with van der Waals surface area (Å²) >= 11 is 0. The smallest absolute Gasteiger partial charge is 0.394 e. The van der Waals surface area contributed by atoms with E-state index in [1.54, 1.807) is 0 Å². The van der Waals surface area contributed by atoms with Gasteiger partial charge in [-0.25, -0.2) is 8.42 Å². The second-order valence-electron chi connectivity index (χ2n) is 4.74. The molecule has 0 amide bonds. The standard InChI is InChI=1S/C13H18F3NO3S/c1-3-12(4-2,9-18)17-10-5-7-11(8-6-10)21(19,20)13(14,15)16/h5-8,17-18H,3-4,9H2,1-2H3. The van der Waals surface area contributed by atoms with Gasteiger partial charge >= 0.3 is 5.51 Å². The Balaban J connectivity index is 3.04. The molecule has 0 aliphatic heterocycles. The molecule has 21 heavy (non-hydrogen) atoms. The third kappa shape index (κ3) is 3.68. The number of benzene rings is 1. The van der Waals surface area contributed by atoms with Gasteiger partial charge in [-0.1, -0.05) is 13.8 Å². The van der Waals surface area contributed by atoms with Crippen LogP contribution < -0.4 is 5.32 Å². The van der Waals surface area contributed by atoms with Gasteiger partial charge < -0.3 is 10.4 Å². The van der Waals surface area contributed by atoms with Gasteiger partial charge in [0.1, 0.15) is 0 Å². The molecule has 0 aliphatic carbocycles. The Kier molecular flexibility index (Phi) is 5.27. The van der Waals surface area contributed by atoms with Gasteiger partial charge in [0.05, 0.1) is 17.0 Å². The lowest BCUT2D eigenvalue weighted by Crippen LogP contribution is -2.40. The summed E-state index contributed by atoms with van der Waals surface area (Å²) in [5, 5.41) is 12.5. The highest BCUT2D eigenvalue weighted by Gasteiger charge is 2.46. The molecule has 0 aliphatic rings. The number of rotatable bonds is 6. The van der Waals surface area contributed by atoms with Gasteiger partial charge in [0.2, 0.25) is 0 Å². The first kappa shape index (κ1) is 17.8. The molecule has 0 radical (unpaired) electrons. The first-order valence-electron chi connectivity index (χ1n) is 6.42. The van der Waals surface area contributed by atoms with Crippen LogP contribution in [0.15, 0.2) is 29.2 Å². The summed E-state index contributed by atoms with van der Waals surface area (Å²) in [6.45, 7) is 3.60. The van der Waals surface area contributed by atoms with Crippen LogP contribution in [0.25, 0.3) is 0 Å². The summed E-state index contributed by atoms with van der Waals surface area (Å²) < 4.78 is 59.7. The van der Waals surface area contributed by atoms with Gasteiger partial charge in [0.15, 0.2) is 0 Å². The van der Waals surface area contributed by atoms with Crippen LogP contribution >= 0.6 is 0 Å². The lowest BCUT2D eigenvalue weighted by atomic mass is 9.93. The van der Waals surface area contributed by atoms with Gasteiger partial charge in [-0.05, 0) is 37.1 Å². The monoisotopic (exact) mass is 325 g/mol. The molecule has 0 heterocycles. The van der Waals surface area contributed by atoms with Gasteiger partial charge in [-0.2, -0.15) is 13.2 Å². The molecule has 120 valence electrons. The molecule has 0 aromatic heterocycles. The van der Waals surface area contributed by atoms with Crippen LogP contribution in [-0.4, -0.2) is 31.2 Å². The highest BCUT2D eigenvalue weighted by molar-refractivity contribution is 7.92. The predicted octanol–water partition coefficient (Wildman–Crippen LogP) is 2.94. The number of sulfone groups is 1. The molecule has 4 nitrogen and oxygen atoms in total. The van der Waals surface area contributed by atoms with Crippen molar-refractivity contribution >= 4 is 15.5 Å². The molecular formula is C13H18F3NO3S.